The Balaban J connectivity index is 2.29. The van der Waals surface area contributed by atoms with E-state index in [-0.39, 0.29) is 5.92 Å². The van der Waals surface area contributed by atoms with Crippen molar-refractivity contribution in [2.45, 2.75) is 19.3 Å². The number of hydrogen-bond acceptors (Lipinski definition) is 4. The molecule has 0 unspecified atom stereocenters. The molecule has 2 rings (SSSR count). The highest BCUT2D eigenvalue weighted by atomic mass is 16.1. The Morgan fingerprint density at radius 2 is 1.19 bits per heavy atom. The number of isocyanates is 2. The maximum Gasteiger partial charge on any atom is 0.240 e. The van der Waals surface area contributed by atoms with Gasteiger partial charge in [-0.05, 0) is 41.8 Å². The van der Waals surface area contributed by atoms with Gasteiger partial charge in [0.2, 0.25) is 12.2 Å². The van der Waals surface area contributed by atoms with Gasteiger partial charge in [-0.15, -0.1) is 0 Å². The molecule has 0 fully saturated rings. The van der Waals surface area contributed by atoms with Gasteiger partial charge < -0.3 is 0 Å². The van der Waals surface area contributed by atoms with Crippen molar-refractivity contribution in [1.29, 1.82) is 0 Å². The zero-order valence-electron chi connectivity index (χ0n) is 11.6. The molecule has 4 heteroatoms. The van der Waals surface area contributed by atoms with Crippen LogP contribution in [0, 0.1) is 0 Å². The fraction of sp³-hybridized carbons (Fsp3) is 0.176. The number of rotatable bonds is 5. The number of nitrogens with zero attached hydrogens (tertiary/aromatic N) is 2. The van der Waals surface area contributed by atoms with Crippen LogP contribution in [0.1, 0.15) is 30.4 Å². The van der Waals surface area contributed by atoms with Gasteiger partial charge in [0.25, 0.3) is 0 Å². The standard InChI is InChI=1S/C17H14N2O2/c1-2-17(13-3-7-15(8-4-13)18-11-20)14-5-9-16(10-6-14)19-12-21/h3-10,17H,2H2,1H3. The monoisotopic (exact) mass is 278 g/mol. The molecular weight excluding hydrogens is 264 g/mol. The van der Waals surface area contributed by atoms with Crippen LogP contribution in [-0.2, 0) is 9.59 Å². The van der Waals surface area contributed by atoms with E-state index in [0.717, 1.165) is 17.5 Å². The molecule has 0 radical (unpaired) electrons. The highest BCUT2D eigenvalue weighted by molar-refractivity contribution is 5.52. The lowest BCUT2D eigenvalue weighted by Gasteiger charge is -2.16. The van der Waals surface area contributed by atoms with Crippen LogP contribution in [-0.4, -0.2) is 12.2 Å². The van der Waals surface area contributed by atoms with Gasteiger partial charge in [0, 0.05) is 5.92 Å². The molecule has 0 aliphatic rings. The van der Waals surface area contributed by atoms with Crippen molar-refractivity contribution in [3.8, 4) is 0 Å². The van der Waals surface area contributed by atoms with Gasteiger partial charge in [-0.25, -0.2) is 9.59 Å². The Morgan fingerprint density at radius 1 is 0.810 bits per heavy atom. The second kappa shape index (κ2) is 7.11. The number of carbonyl (C=O) groups excluding carboxylic acids is 2. The van der Waals surface area contributed by atoms with Crippen molar-refractivity contribution < 1.29 is 9.59 Å². The lowest BCUT2D eigenvalue weighted by atomic mass is 9.89. The highest BCUT2D eigenvalue weighted by Gasteiger charge is 2.11. The van der Waals surface area contributed by atoms with Gasteiger partial charge in [-0.1, -0.05) is 31.2 Å². The van der Waals surface area contributed by atoms with Gasteiger partial charge in [-0.3, -0.25) is 0 Å². The first-order valence-electron chi connectivity index (χ1n) is 6.64. The summed E-state index contributed by atoms with van der Waals surface area (Å²) in [7, 11) is 0. The molecule has 0 bridgehead atoms. The third-order valence-corrected chi connectivity index (χ3v) is 3.35. The molecule has 0 heterocycles. The van der Waals surface area contributed by atoms with Crippen LogP contribution in [0.15, 0.2) is 58.5 Å². The molecular formula is C17H14N2O2. The molecule has 2 aromatic carbocycles. The fourth-order valence-corrected chi connectivity index (χ4v) is 2.33. The summed E-state index contributed by atoms with van der Waals surface area (Å²) in [4.78, 5) is 27.6. The maximum absolute atomic E-state index is 10.2. The molecule has 4 nitrogen and oxygen atoms in total. The molecule has 0 saturated carbocycles. The Hall–Kier alpha value is -2.80. The first kappa shape index (κ1) is 14.6. The molecule has 0 spiro atoms. The van der Waals surface area contributed by atoms with Crippen LogP contribution in [0.2, 0.25) is 0 Å². The van der Waals surface area contributed by atoms with Crippen LogP contribution < -0.4 is 0 Å². The average Bonchev–Trinajstić information content (AvgIpc) is 2.52. The Kier molecular flexibility index (Phi) is 4.94. The van der Waals surface area contributed by atoms with Crippen LogP contribution in [0.4, 0.5) is 11.4 Å². The Morgan fingerprint density at radius 3 is 1.48 bits per heavy atom. The van der Waals surface area contributed by atoms with Crippen LogP contribution in [0.3, 0.4) is 0 Å². The van der Waals surface area contributed by atoms with Gasteiger partial charge >= 0.3 is 0 Å². The maximum atomic E-state index is 10.2. The minimum Gasteiger partial charge on any atom is -0.211 e. The van der Waals surface area contributed by atoms with Crippen LogP contribution >= 0.6 is 0 Å². The number of aliphatic imine (C=N–C) groups is 2. The lowest BCUT2D eigenvalue weighted by molar-refractivity contribution is 0.564. The summed E-state index contributed by atoms with van der Waals surface area (Å²) in [6.45, 7) is 2.11. The SMILES string of the molecule is CCC(c1ccc(N=C=O)cc1)c1ccc(N=C=O)cc1. The second-order valence-corrected chi connectivity index (χ2v) is 4.55. The lowest BCUT2D eigenvalue weighted by Crippen LogP contribution is -1.99. The number of benzene rings is 2. The molecule has 0 saturated heterocycles. The van der Waals surface area contributed by atoms with Gasteiger partial charge in [0.1, 0.15) is 0 Å². The highest BCUT2D eigenvalue weighted by Crippen LogP contribution is 2.30. The zero-order chi connectivity index (χ0) is 15.1. The molecule has 2 aromatic rings. The van der Waals surface area contributed by atoms with E-state index in [1.807, 2.05) is 24.3 Å². The molecule has 104 valence electrons. The minimum atomic E-state index is 0.244. The Labute approximate surface area is 122 Å². The van der Waals surface area contributed by atoms with Crippen molar-refractivity contribution in [1.82, 2.24) is 0 Å². The molecule has 0 aliphatic carbocycles. The predicted molar refractivity (Wildman–Crippen MR) is 80.6 cm³/mol. The fourth-order valence-electron chi connectivity index (χ4n) is 2.33. The van der Waals surface area contributed by atoms with E-state index in [1.165, 1.54) is 12.2 Å². The van der Waals surface area contributed by atoms with E-state index in [0.29, 0.717) is 11.4 Å². The first-order chi connectivity index (χ1) is 10.3. The first-order valence-corrected chi connectivity index (χ1v) is 6.64. The van der Waals surface area contributed by atoms with E-state index in [4.69, 9.17) is 0 Å². The average molecular weight is 278 g/mol. The summed E-state index contributed by atoms with van der Waals surface area (Å²) in [5.74, 6) is 0.244. The van der Waals surface area contributed by atoms with Crippen LogP contribution in [0.5, 0.6) is 0 Å². The quantitative estimate of drug-likeness (QED) is 0.609. The predicted octanol–water partition coefficient (Wildman–Crippen LogP) is 4.16. The normalized spacial score (nSPS) is 11.1. The summed E-state index contributed by atoms with van der Waals surface area (Å²) < 4.78 is 0. The van der Waals surface area contributed by atoms with Crippen molar-refractivity contribution in [2.24, 2.45) is 9.98 Å². The molecule has 0 aliphatic heterocycles. The second-order valence-electron chi connectivity index (χ2n) is 4.55. The van der Waals surface area contributed by atoms with E-state index in [9.17, 15) is 9.59 Å². The molecule has 0 amide bonds. The largest absolute Gasteiger partial charge is 0.240 e. The molecule has 21 heavy (non-hydrogen) atoms. The zero-order valence-corrected chi connectivity index (χ0v) is 11.6. The third-order valence-electron chi connectivity index (χ3n) is 3.35. The summed E-state index contributed by atoms with van der Waals surface area (Å²) in [6.07, 6.45) is 4.00. The smallest absolute Gasteiger partial charge is 0.211 e. The summed E-state index contributed by atoms with van der Waals surface area (Å²) >= 11 is 0. The third kappa shape index (κ3) is 3.61. The van der Waals surface area contributed by atoms with E-state index >= 15 is 0 Å². The van der Waals surface area contributed by atoms with Crippen molar-refractivity contribution in [2.75, 3.05) is 0 Å². The van der Waals surface area contributed by atoms with Gasteiger partial charge in [0.15, 0.2) is 0 Å². The summed E-state index contributed by atoms with van der Waals surface area (Å²) in [5, 5.41) is 0. The minimum absolute atomic E-state index is 0.244. The summed E-state index contributed by atoms with van der Waals surface area (Å²) in [6, 6.07) is 15.0. The van der Waals surface area contributed by atoms with Crippen molar-refractivity contribution in [3.05, 3.63) is 59.7 Å². The van der Waals surface area contributed by atoms with Crippen molar-refractivity contribution in [3.63, 3.8) is 0 Å². The van der Waals surface area contributed by atoms with Crippen LogP contribution in [0.25, 0.3) is 0 Å². The van der Waals surface area contributed by atoms with E-state index < -0.39 is 0 Å². The van der Waals surface area contributed by atoms with Gasteiger partial charge in [0.05, 0.1) is 11.4 Å². The van der Waals surface area contributed by atoms with E-state index in [1.54, 1.807) is 24.3 Å². The number of hydrogen-bond donors (Lipinski definition) is 0. The van der Waals surface area contributed by atoms with E-state index in [2.05, 4.69) is 16.9 Å². The molecule has 0 N–H and O–H groups in total. The summed E-state index contributed by atoms with van der Waals surface area (Å²) in [5.41, 5.74) is 3.49. The molecule has 0 atom stereocenters. The van der Waals surface area contributed by atoms with Gasteiger partial charge in [-0.2, -0.15) is 9.98 Å². The topological polar surface area (TPSA) is 58.9 Å². The Bertz CT molecular complexity index is 631. The van der Waals surface area contributed by atoms with Crippen molar-refractivity contribution >= 4 is 23.5 Å². The molecule has 0 aromatic heterocycles.